The molecule has 0 spiro atoms. The van der Waals surface area contributed by atoms with Crippen LogP contribution in [0.1, 0.15) is 9.60 Å². The Balaban J connectivity index is 1.46. The van der Waals surface area contributed by atoms with Gasteiger partial charge in [-0.1, -0.05) is 139 Å². The fourth-order valence-corrected chi connectivity index (χ4v) is 7.71. The van der Waals surface area contributed by atoms with Gasteiger partial charge in [0, 0.05) is 38.1 Å². The lowest BCUT2D eigenvalue weighted by atomic mass is 9.85. The molecule has 0 unspecified atom stereocenters. The predicted octanol–water partition coefficient (Wildman–Crippen LogP) is 13.9. The smallest absolute Gasteiger partial charge is 0.143 e. The average molecular weight is 644 g/mol. The summed E-state index contributed by atoms with van der Waals surface area (Å²) in [6.07, 6.45) is 0. The number of fused-ring (bicyclic) bond motifs is 11. The molecule has 0 aliphatic carbocycles. The summed E-state index contributed by atoms with van der Waals surface area (Å²) in [7, 11) is 0. The van der Waals surface area contributed by atoms with Crippen LogP contribution in [0, 0.1) is 0 Å². The van der Waals surface area contributed by atoms with E-state index in [1.165, 1.54) is 0 Å². The largest absolute Gasteiger partial charge is 0.456 e. The lowest BCUT2D eigenvalue weighted by molar-refractivity contribution is 0.669. The molecule has 2 nitrogen and oxygen atoms in total. The second-order valence-electron chi connectivity index (χ2n) is 12.6. The Morgan fingerprint density at radius 3 is 1.60 bits per heavy atom. The van der Waals surface area contributed by atoms with Gasteiger partial charge in [0.05, 0.1) is 9.60 Å². The van der Waals surface area contributed by atoms with Crippen LogP contribution in [0.5, 0.6) is 0 Å². The molecule has 50 heavy (non-hydrogen) atoms. The molecule has 0 radical (unpaired) electrons. The lowest BCUT2D eigenvalue weighted by Crippen LogP contribution is -1.91. The molecule has 0 N–H and O–H groups in total. The Hall–Kier alpha value is -6.64. The van der Waals surface area contributed by atoms with Crippen molar-refractivity contribution in [2.24, 2.45) is 0 Å². The first-order valence-corrected chi connectivity index (χ1v) is 16.5. The van der Waals surface area contributed by atoms with Crippen LogP contribution in [0.3, 0.4) is 0 Å². The van der Waals surface area contributed by atoms with E-state index in [0.717, 1.165) is 37.9 Å². The minimum absolute atomic E-state index is 0.0846. The minimum Gasteiger partial charge on any atom is -0.456 e. The molecule has 232 valence electrons. The van der Waals surface area contributed by atoms with Gasteiger partial charge in [0.15, 0.2) is 0 Å². The van der Waals surface area contributed by atoms with E-state index in [4.69, 9.17) is 8.83 Å². The number of benzene rings is 9. The van der Waals surface area contributed by atoms with Crippen LogP contribution in [0.2, 0.25) is 0 Å². The first kappa shape index (κ1) is 21.4. The second kappa shape index (κ2) is 10.4. The molecular formula is C48H28O2. The van der Waals surface area contributed by atoms with Gasteiger partial charge in [-0.05, 0) is 79.5 Å². The Morgan fingerprint density at radius 1 is 0.400 bits per heavy atom. The van der Waals surface area contributed by atoms with Crippen molar-refractivity contribution in [1.82, 2.24) is 0 Å². The summed E-state index contributed by atoms with van der Waals surface area (Å²) in [4.78, 5) is 0. The fourth-order valence-electron chi connectivity index (χ4n) is 7.71. The highest BCUT2D eigenvalue weighted by atomic mass is 16.3. The molecule has 2 heterocycles. The van der Waals surface area contributed by atoms with Crippen LogP contribution in [0.4, 0.5) is 0 Å². The first-order chi connectivity index (χ1) is 27.7. The van der Waals surface area contributed by atoms with Crippen LogP contribution in [-0.2, 0) is 0 Å². The van der Waals surface area contributed by atoms with Crippen LogP contribution in [-0.4, -0.2) is 0 Å². The summed E-state index contributed by atoms with van der Waals surface area (Å²) in [5.74, 6) is 0. The average Bonchev–Trinajstić information content (AvgIpc) is 3.82. The highest BCUT2D eigenvalue weighted by molar-refractivity contribution is 6.34. The highest BCUT2D eigenvalue weighted by Gasteiger charge is 2.23. The molecule has 11 aromatic rings. The van der Waals surface area contributed by atoms with E-state index in [1.54, 1.807) is 0 Å². The summed E-state index contributed by atoms with van der Waals surface area (Å²) in [6.45, 7) is 0. The van der Waals surface area contributed by atoms with Gasteiger partial charge in [-0.3, -0.25) is 0 Å². The van der Waals surface area contributed by atoms with Crippen LogP contribution in [0.15, 0.2) is 179 Å². The molecule has 9 aromatic carbocycles. The Kier molecular flexibility index (Phi) is 4.45. The maximum Gasteiger partial charge on any atom is 0.143 e. The highest BCUT2D eigenvalue weighted by Crippen LogP contribution is 2.49. The molecule has 0 saturated heterocycles. The van der Waals surface area contributed by atoms with Crippen molar-refractivity contribution in [2.75, 3.05) is 0 Å². The van der Waals surface area contributed by atoms with Gasteiger partial charge in [-0.25, -0.2) is 0 Å². The van der Waals surface area contributed by atoms with E-state index in [2.05, 4.69) is 0 Å². The third kappa shape index (κ3) is 3.85. The van der Waals surface area contributed by atoms with E-state index in [9.17, 15) is 9.60 Å². The molecule has 0 amide bonds. The molecule has 0 atom stereocenters. The zero-order valence-electron chi connectivity index (χ0n) is 33.4. The van der Waals surface area contributed by atoms with E-state index >= 15 is 0 Å². The van der Waals surface area contributed by atoms with Crippen LogP contribution >= 0.6 is 0 Å². The maximum absolute atomic E-state index is 10.0. The Bertz CT molecular complexity index is 3420. The second-order valence-corrected chi connectivity index (χ2v) is 12.6. The minimum atomic E-state index is -0.326. The van der Waals surface area contributed by atoms with Gasteiger partial charge in [-0.2, -0.15) is 0 Å². The van der Waals surface area contributed by atoms with Crippen LogP contribution in [0.25, 0.3) is 110 Å². The molecule has 2 aromatic heterocycles. The molecule has 0 aliphatic rings. The monoisotopic (exact) mass is 643 g/mol. The quantitative estimate of drug-likeness (QED) is 0.179. The number of rotatable bonds is 3. The van der Waals surface area contributed by atoms with Crippen molar-refractivity contribution in [3.63, 3.8) is 0 Å². The van der Waals surface area contributed by atoms with E-state index < -0.39 is 0 Å². The standard InChI is InChI=1S/C48H28O2/c1-3-13-29(14-4-1)32-19-11-21-34-38(32)28-39-33(30-15-5-2-6-16-30)20-12-22-35(39)45(34)40-27-31-25-26-43-46(36-17-7-9-23-41(36)49-43)44(31)47-37-18-8-10-24-42(37)50-48(40)47/h1-28H/i11D,12D,19D,20D,21D,22D,28D. The topological polar surface area (TPSA) is 26.3 Å². The van der Waals surface area contributed by atoms with E-state index in [0.29, 0.717) is 50.1 Å². The fraction of sp³-hybridized carbons (Fsp3) is 0. The normalized spacial score (nSPS) is 14.0. The maximum atomic E-state index is 10.0. The SMILES string of the molecule is [2H]c1c([2H])c(-c2ccccc2)c2c([2H])c3c(-c4ccccc4)c([2H])c([2H])c([2H])c3c(-c3cc4ccc5oc6ccccc6c5c4c4c3oc3ccccc34)c2c1[2H]. The molecule has 11 rings (SSSR count). The van der Waals surface area contributed by atoms with Gasteiger partial charge < -0.3 is 8.83 Å². The number of furan rings is 2. The van der Waals surface area contributed by atoms with Crippen molar-refractivity contribution in [2.45, 2.75) is 0 Å². The third-order valence-electron chi connectivity index (χ3n) is 9.86. The van der Waals surface area contributed by atoms with Gasteiger partial charge in [0.1, 0.15) is 22.3 Å². The third-order valence-corrected chi connectivity index (χ3v) is 9.86. The van der Waals surface area contributed by atoms with Gasteiger partial charge >= 0.3 is 0 Å². The molecule has 0 bridgehead atoms. The zero-order chi connectivity index (χ0) is 38.9. The molecule has 0 aliphatic heterocycles. The van der Waals surface area contributed by atoms with E-state index in [-0.39, 0.29) is 63.8 Å². The number of para-hydroxylation sites is 2. The van der Waals surface area contributed by atoms with Gasteiger partial charge in [0.25, 0.3) is 0 Å². The molecular weight excluding hydrogens is 609 g/mol. The van der Waals surface area contributed by atoms with Crippen LogP contribution < -0.4 is 0 Å². The van der Waals surface area contributed by atoms with Gasteiger partial charge in [-0.15, -0.1) is 0 Å². The van der Waals surface area contributed by atoms with Crippen molar-refractivity contribution in [3.8, 4) is 33.4 Å². The van der Waals surface area contributed by atoms with E-state index in [1.807, 2.05) is 127 Å². The van der Waals surface area contributed by atoms with Crippen molar-refractivity contribution >= 4 is 76.2 Å². The summed E-state index contributed by atoms with van der Waals surface area (Å²) in [5, 5.41) is 6.15. The Morgan fingerprint density at radius 2 is 0.960 bits per heavy atom. The summed E-state index contributed by atoms with van der Waals surface area (Å²) in [5.41, 5.74) is 5.18. The zero-order valence-corrected chi connectivity index (χ0v) is 26.4. The predicted molar refractivity (Wildman–Crippen MR) is 210 cm³/mol. The lowest BCUT2D eigenvalue weighted by Gasteiger charge is -2.18. The number of hydrogen-bond donors (Lipinski definition) is 0. The van der Waals surface area contributed by atoms with Crippen molar-refractivity contribution in [3.05, 3.63) is 170 Å². The summed E-state index contributed by atoms with van der Waals surface area (Å²) >= 11 is 0. The Labute approximate surface area is 297 Å². The van der Waals surface area contributed by atoms with Gasteiger partial charge in [0.2, 0.25) is 0 Å². The molecule has 0 saturated carbocycles. The molecule has 0 fully saturated rings. The van der Waals surface area contributed by atoms with Crippen molar-refractivity contribution < 1.29 is 18.4 Å². The summed E-state index contributed by atoms with van der Waals surface area (Å²) < 4.78 is 79.5. The molecule has 2 heteroatoms. The van der Waals surface area contributed by atoms with Crippen molar-refractivity contribution in [1.29, 1.82) is 0 Å². The first-order valence-electron chi connectivity index (χ1n) is 20.0. The number of hydrogen-bond acceptors (Lipinski definition) is 2. The summed E-state index contributed by atoms with van der Waals surface area (Å²) in [6, 6.07) is 38.2.